The smallest absolute Gasteiger partial charge is 0.244 e. The van der Waals surface area contributed by atoms with Crippen LogP contribution in [-0.4, -0.2) is 50.0 Å². The molecule has 0 bridgehead atoms. The lowest BCUT2D eigenvalue weighted by Crippen LogP contribution is -2.55. The van der Waals surface area contributed by atoms with Crippen molar-refractivity contribution in [3.63, 3.8) is 0 Å². The summed E-state index contributed by atoms with van der Waals surface area (Å²) in [6.07, 6.45) is 5.84. The van der Waals surface area contributed by atoms with Gasteiger partial charge in [-0.25, -0.2) is 17.2 Å². The van der Waals surface area contributed by atoms with E-state index in [2.05, 4.69) is 5.32 Å². The zero-order chi connectivity index (χ0) is 30.3. The average molecular weight is 618 g/mol. The maximum Gasteiger partial charge on any atom is 0.244 e. The number of hydrogen-bond acceptors (Lipinski definition) is 4. The third-order valence-electron chi connectivity index (χ3n) is 7.36. The summed E-state index contributed by atoms with van der Waals surface area (Å²) in [7, 11) is -4.10. The summed E-state index contributed by atoms with van der Waals surface area (Å²) < 4.78 is 54.0. The van der Waals surface area contributed by atoms with Gasteiger partial charge in [0, 0.05) is 30.1 Å². The van der Waals surface area contributed by atoms with Gasteiger partial charge in [0.25, 0.3) is 0 Å². The second-order valence-electron chi connectivity index (χ2n) is 10.6. The van der Waals surface area contributed by atoms with Crippen LogP contribution >= 0.6 is 11.6 Å². The summed E-state index contributed by atoms with van der Waals surface area (Å²) >= 11 is 6.07. The molecule has 3 aromatic rings. The van der Waals surface area contributed by atoms with Crippen molar-refractivity contribution in [1.82, 2.24) is 10.2 Å². The molecular formula is C31H34ClF2N3O4S. The van der Waals surface area contributed by atoms with E-state index in [9.17, 15) is 26.8 Å². The van der Waals surface area contributed by atoms with Gasteiger partial charge in [-0.2, -0.15) is 0 Å². The Labute approximate surface area is 250 Å². The van der Waals surface area contributed by atoms with E-state index in [1.165, 1.54) is 4.90 Å². The van der Waals surface area contributed by atoms with Crippen molar-refractivity contribution < 1.29 is 26.8 Å². The van der Waals surface area contributed by atoms with Crippen LogP contribution in [0.5, 0.6) is 0 Å². The van der Waals surface area contributed by atoms with E-state index in [-0.39, 0.29) is 30.6 Å². The zero-order valence-electron chi connectivity index (χ0n) is 23.3. The molecule has 0 radical (unpaired) electrons. The van der Waals surface area contributed by atoms with Crippen molar-refractivity contribution >= 4 is 39.1 Å². The maximum absolute atomic E-state index is 14.1. The number of amides is 2. The third kappa shape index (κ3) is 8.51. The van der Waals surface area contributed by atoms with Gasteiger partial charge in [-0.15, -0.1) is 0 Å². The Kier molecular flexibility index (Phi) is 10.6. The average Bonchev–Trinajstić information content (AvgIpc) is 2.96. The molecule has 0 saturated heterocycles. The summed E-state index contributed by atoms with van der Waals surface area (Å²) in [5, 5.41) is 3.62. The number of anilines is 1. The summed E-state index contributed by atoms with van der Waals surface area (Å²) in [5.41, 5.74) is 1.29. The molecular weight excluding hydrogens is 584 g/mol. The van der Waals surface area contributed by atoms with Gasteiger partial charge in [-0.3, -0.25) is 13.9 Å². The van der Waals surface area contributed by atoms with Gasteiger partial charge in [0.05, 0.1) is 11.9 Å². The molecule has 2 amide bonds. The quantitative estimate of drug-likeness (QED) is 0.309. The SMILES string of the molecule is CS(=O)(=O)N(CC(=O)N(Cc1ccc(Cl)cc1)C(Cc1ccccc1)C(=O)NC1CCCCC1)c1ccc(F)c(F)c1. The summed E-state index contributed by atoms with van der Waals surface area (Å²) in [5.74, 6) is -3.42. The molecule has 1 unspecified atom stereocenters. The molecule has 1 atom stereocenters. The Morgan fingerprint density at radius 2 is 1.60 bits per heavy atom. The minimum absolute atomic E-state index is 0.0129. The topological polar surface area (TPSA) is 86.8 Å². The molecule has 1 aliphatic rings. The Balaban J connectivity index is 1.72. The molecule has 7 nitrogen and oxygen atoms in total. The van der Waals surface area contributed by atoms with E-state index in [1.54, 1.807) is 24.3 Å². The van der Waals surface area contributed by atoms with Gasteiger partial charge < -0.3 is 10.2 Å². The van der Waals surface area contributed by atoms with Crippen molar-refractivity contribution in [2.45, 2.75) is 57.2 Å². The lowest BCUT2D eigenvalue weighted by molar-refractivity contribution is -0.140. The van der Waals surface area contributed by atoms with Crippen LogP contribution in [0.3, 0.4) is 0 Å². The van der Waals surface area contributed by atoms with Gasteiger partial charge in [-0.1, -0.05) is 73.3 Å². The monoisotopic (exact) mass is 617 g/mol. The largest absolute Gasteiger partial charge is 0.352 e. The normalized spacial score (nSPS) is 14.7. The minimum atomic E-state index is -4.10. The first-order valence-electron chi connectivity index (χ1n) is 13.8. The van der Waals surface area contributed by atoms with Crippen LogP contribution in [0.4, 0.5) is 14.5 Å². The number of carbonyl (C=O) groups excluding carboxylic acids is 2. The van der Waals surface area contributed by atoms with E-state index in [0.717, 1.165) is 62.1 Å². The predicted octanol–water partition coefficient (Wildman–Crippen LogP) is 5.47. The van der Waals surface area contributed by atoms with E-state index in [4.69, 9.17) is 11.6 Å². The Bertz CT molecular complexity index is 1480. The maximum atomic E-state index is 14.1. The number of nitrogens with one attached hydrogen (secondary N) is 1. The molecule has 0 aromatic heterocycles. The van der Waals surface area contributed by atoms with Gasteiger partial charge in [-0.05, 0) is 48.2 Å². The summed E-state index contributed by atoms with van der Waals surface area (Å²) in [6.45, 7) is -0.736. The van der Waals surface area contributed by atoms with Crippen LogP contribution in [0.15, 0.2) is 72.8 Å². The Morgan fingerprint density at radius 3 is 2.21 bits per heavy atom. The molecule has 4 rings (SSSR count). The van der Waals surface area contributed by atoms with Crippen molar-refractivity contribution in [2.24, 2.45) is 0 Å². The molecule has 1 aliphatic carbocycles. The molecule has 224 valence electrons. The molecule has 0 spiro atoms. The number of benzene rings is 3. The third-order valence-corrected chi connectivity index (χ3v) is 8.75. The number of nitrogens with zero attached hydrogens (tertiary/aromatic N) is 2. The number of carbonyl (C=O) groups is 2. The molecule has 3 aromatic carbocycles. The highest BCUT2D eigenvalue weighted by Crippen LogP contribution is 2.24. The van der Waals surface area contributed by atoms with Gasteiger partial charge in [0.15, 0.2) is 11.6 Å². The van der Waals surface area contributed by atoms with Gasteiger partial charge in [0.2, 0.25) is 21.8 Å². The van der Waals surface area contributed by atoms with Gasteiger partial charge >= 0.3 is 0 Å². The molecule has 1 N–H and O–H groups in total. The van der Waals surface area contributed by atoms with Crippen LogP contribution in [0.2, 0.25) is 5.02 Å². The highest BCUT2D eigenvalue weighted by molar-refractivity contribution is 7.92. The van der Waals surface area contributed by atoms with Crippen molar-refractivity contribution in [3.05, 3.63) is 101 Å². The van der Waals surface area contributed by atoms with E-state index < -0.39 is 40.2 Å². The van der Waals surface area contributed by atoms with Crippen molar-refractivity contribution in [1.29, 1.82) is 0 Å². The predicted molar refractivity (Wildman–Crippen MR) is 159 cm³/mol. The van der Waals surface area contributed by atoms with Crippen molar-refractivity contribution in [2.75, 3.05) is 17.1 Å². The molecule has 0 aliphatic heterocycles. The first-order valence-corrected chi connectivity index (χ1v) is 16.0. The molecule has 0 heterocycles. The van der Waals surface area contributed by atoms with Crippen LogP contribution in [0.1, 0.15) is 43.2 Å². The fraction of sp³-hybridized carbons (Fsp3) is 0.355. The number of rotatable bonds is 11. The lowest BCUT2D eigenvalue weighted by Gasteiger charge is -2.35. The van der Waals surface area contributed by atoms with Crippen LogP contribution in [0, 0.1) is 11.6 Å². The molecule has 11 heteroatoms. The highest BCUT2D eigenvalue weighted by atomic mass is 35.5. The van der Waals surface area contributed by atoms with Crippen LogP contribution in [-0.2, 0) is 32.6 Å². The fourth-order valence-electron chi connectivity index (χ4n) is 5.14. The Hall–Kier alpha value is -3.50. The summed E-state index contributed by atoms with van der Waals surface area (Å²) in [6, 6.07) is 17.6. The number of sulfonamides is 1. The highest BCUT2D eigenvalue weighted by Gasteiger charge is 2.34. The molecule has 42 heavy (non-hydrogen) atoms. The lowest BCUT2D eigenvalue weighted by atomic mass is 9.94. The first-order chi connectivity index (χ1) is 20.0. The van der Waals surface area contributed by atoms with Crippen LogP contribution in [0.25, 0.3) is 0 Å². The van der Waals surface area contributed by atoms with E-state index in [1.807, 2.05) is 30.3 Å². The van der Waals surface area contributed by atoms with E-state index >= 15 is 0 Å². The second kappa shape index (κ2) is 14.1. The van der Waals surface area contributed by atoms with Gasteiger partial charge in [0.1, 0.15) is 12.6 Å². The fourth-order valence-corrected chi connectivity index (χ4v) is 6.11. The standard InChI is InChI=1S/C31H34ClF2N3O4S/c1-42(40,41)37(26-16-17-27(33)28(34)19-26)21-30(38)36(20-23-12-14-24(32)15-13-23)29(18-22-8-4-2-5-9-22)31(39)35-25-10-6-3-7-11-25/h2,4-5,8-9,12-17,19,25,29H,3,6-7,10-11,18,20-21H2,1H3,(H,35,39). The number of halogens is 3. The zero-order valence-corrected chi connectivity index (χ0v) is 24.9. The van der Waals surface area contributed by atoms with Crippen LogP contribution < -0.4 is 9.62 Å². The molecule has 1 fully saturated rings. The summed E-state index contributed by atoms with van der Waals surface area (Å²) in [4.78, 5) is 29.3. The Morgan fingerprint density at radius 1 is 0.929 bits per heavy atom. The van der Waals surface area contributed by atoms with E-state index in [0.29, 0.717) is 14.9 Å². The minimum Gasteiger partial charge on any atom is -0.352 e. The van der Waals surface area contributed by atoms with Crippen molar-refractivity contribution in [3.8, 4) is 0 Å². The number of hydrogen-bond donors (Lipinski definition) is 1. The second-order valence-corrected chi connectivity index (χ2v) is 12.9. The first kappa shape index (κ1) is 31.4. The molecule has 1 saturated carbocycles.